The first-order valence-electron chi connectivity index (χ1n) is 6.93. The van der Waals surface area contributed by atoms with E-state index < -0.39 is 0 Å². The SMILES string of the molecule is CCC(Nc1nnc(CC(C)C)s1)c1cccc(Cl)c1. The molecule has 2 aromatic rings. The summed E-state index contributed by atoms with van der Waals surface area (Å²) in [5.41, 5.74) is 1.18. The largest absolute Gasteiger partial charge is 0.353 e. The minimum Gasteiger partial charge on any atom is -0.353 e. The van der Waals surface area contributed by atoms with Crippen molar-refractivity contribution in [2.24, 2.45) is 5.92 Å². The summed E-state index contributed by atoms with van der Waals surface area (Å²) in [6.07, 6.45) is 1.95. The van der Waals surface area contributed by atoms with Crippen LogP contribution in [0.1, 0.15) is 43.8 Å². The van der Waals surface area contributed by atoms with Gasteiger partial charge in [0.25, 0.3) is 0 Å². The van der Waals surface area contributed by atoms with Crippen molar-refractivity contribution in [2.75, 3.05) is 5.32 Å². The average Bonchev–Trinajstić information content (AvgIpc) is 2.82. The van der Waals surface area contributed by atoms with Crippen molar-refractivity contribution in [3.63, 3.8) is 0 Å². The second kappa shape index (κ2) is 7.04. The van der Waals surface area contributed by atoms with Gasteiger partial charge in [-0.3, -0.25) is 0 Å². The number of hydrogen-bond acceptors (Lipinski definition) is 4. The molecule has 20 heavy (non-hydrogen) atoms. The van der Waals surface area contributed by atoms with Gasteiger partial charge >= 0.3 is 0 Å². The predicted molar refractivity (Wildman–Crippen MR) is 86.6 cm³/mol. The fraction of sp³-hybridized carbons (Fsp3) is 0.467. The fourth-order valence-electron chi connectivity index (χ4n) is 2.04. The molecule has 0 spiro atoms. The molecule has 0 bridgehead atoms. The average molecular weight is 310 g/mol. The molecule has 0 saturated carbocycles. The molecule has 3 nitrogen and oxygen atoms in total. The van der Waals surface area contributed by atoms with Gasteiger partial charge in [0.2, 0.25) is 5.13 Å². The van der Waals surface area contributed by atoms with Crippen LogP contribution in [0.4, 0.5) is 5.13 Å². The Labute approximate surface area is 129 Å². The number of nitrogens with one attached hydrogen (secondary N) is 1. The van der Waals surface area contributed by atoms with Gasteiger partial charge in [0.1, 0.15) is 5.01 Å². The molecule has 0 amide bonds. The Morgan fingerprint density at radius 1 is 1.30 bits per heavy atom. The van der Waals surface area contributed by atoms with Crippen LogP contribution in [0.15, 0.2) is 24.3 Å². The summed E-state index contributed by atoms with van der Waals surface area (Å²) >= 11 is 7.69. The van der Waals surface area contributed by atoms with Crippen LogP contribution in [0, 0.1) is 5.92 Å². The third kappa shape index (κ3) is 4.18. The van der Waals surface area contributed by atoms with Crippen LogP contribution in [-0.2, 0) is 6.42 Å². The molecule has 5 heteroatoms. The van der Waals surface area contributed by atoms with Gasteiger partial charge in [-0.15, -0.1) is 10.2 Å². The van der Waals surface area contributed by atoms with Crippen molar-refractivity contribution in [1.82, 2.24) is 10.2 Å². The van der Waals surface area contributed by atoms with Gasteiger partial charge < -0.3 is 5.32 Å². The molecule has 108 valence electrons. The van der Waals surface area contributed by atoms with Gasteiger partial charge in [-0.1, -0.05) is 55.8 Å². The van der Waals surface area contributed by atoms with E-state index >= 15 is 0 Å². The Morgan fingerprint density at radius 3 is 2.75 bits per heavy atom. The lowest BCUT2D eigenvalue weighted by atomic mass is 10.1. The lowest BCUT2D eigenvalue weighted by Crippen LogP contribution is -2.09. The van der Waals surface area contributed by atoms with E-state index in [1.807, 2.05) is 18.2 Å². The molecule has 0 radical (unpaired) electrons. The first kappa shape index (κ1) is 15.3. The predicted octanol–water partition coefficient (Wildman–Crippen LogP) is 4.95. The van der Waals surface area contributed by atoms with E-state index in [9.17, 15) is 0 Å². The number of benzene rings is 1. The normalized spacial score (nSPS) is 12.7. The van der Waals surface area contributed by atoms with E-state index in [1.165, 1.54) is 5.56 Å². The Kier molecular flexibility index (Phi) is 5.38. The van der Waals surface area contributed by atoms with Crippen LogP contribution in [0.5, 0.6) is 0 Å². The molecule has 1 unspecified atom stereocenters. The zero-order valence-corrected chi connectivity index (χ0v) is 13.6. The van der Waals surface area contributed by atoms with Crippen LogP contribution >= 0.6 is 22.9 Å². The van der Waals surface area contributed by atoms with Crippen molar-refractivity contribution in [3.05, 3.63) is 39.9 Å². The molecule has 0 fully saturated rings. The molecule has 0 aliphatic heterocycles. The van der Waals surface area contributed by atoms with Gasteiger partial charge in [0.05, 0.1) is 6.04 Å². The first-order valence-corrected chi connectivity index (χ1v) is 8.12. The van der Waals surface area contributed by atoms with E-state index in [1.54, 1.807) is 11.3 Å². The second-order valence-corrected chi connectivity index (χ2v) is 6.76. The highest BCUT2D eigenvalue weighted by atomic mass is 35.5. The highest BCUT2D eigenvalue weighted by Gasteiger charge is 2.13. The Balaban J connectivity index is 2.08. The third-order valence-corrected chi connectivity index (χ3v) is 4.12. The van der Waals surface area contributed by atoms with E-state index in [2.05, 4.69) is 42.4 Å². The standard InChI is InChI=1S/C15H20ClN3S/c1-4-13(11-6-5-7-12(16)9-11)17-15-19-18-14(20-15)8-10(2)3/h5-7,9-10,13H,4,8H2,1-3H3,(H,17,19). The Hall–Kier alpha value is -1.13. The van der Waals surface area contributed by atoms with E-state index in [0.717, 1.165) is 28.0 Å². The molecular weight excluding hydrogens is 290 g/mol. The van der Waals surface area contributed by atoms with Gasteiger partial charge in [0.15, 0.2) is 0 Å². The van der Waals surface area contributed by atoms with E-state index in [4.69, 9.17) is 11.6 Å². The van der Waals surface area contributed by atoms with Gasteiger partial charge in [-0.25, -0.2) is 0 Å². The Morgan fingerprint density at radius 2 is 2.10 bits per heavy atom. The number of hydrogen-bond donors (Lipinski definition) is 1. The summed E-state index contributed by atoms with van der Waals surface area (Å²) in [5, 5.41) is 14.6. The molecule has 1 atom stereocenters. The van der Waals surface area contributed by atoms with Crippen LogP contribution in [0.25, 0.3) is 0 Å². The number of halogens is 1. The molecule has 1 N–H and O–H groups in total. The highest BCUT2D eigenvalue weighted by molar-refractivity contribution is 7.15. The summed E-state index contributed by atoms with van der Waals surface area (Å²) in [6, 6.07) is 8.17. The number of rotatable bonds is 6. The second-order valence-electron chi connectivity index (χ2n) is 5.26. The summed E-state index contributed by atoms with van der Waals surface area (Å²) < 4.78 is 0. The summed E-state index contributed by atoms with van der Waals surface area (Å²) in [5.74, 6) is 0.603. The summed E-state index contributed by atoms with van der Waals surface area (Å²) in [6.45, 7) is 6.53. The minimum atomic E-state index is 0.216. The topological polar surface area (TPSA) is 37.8 Å². The molecule has 0 saturated heterocycles. The van der Waals surface area contributed by atoms with Crippen molar-refractivity contribution in [3.8, 4) is 0 Å². The number of aromatic nitrogens is 2. The monoisotopic (exact) mass is 309 g/mol. The third-order valence-electron chi connectivity index (χ3n) is 3.01. The molecule has 1 aromatic heterocycles. The maximum atomic E-state index is 6.06. The number of anilines is 1. The van der Waals surface area contributed by atoms with Gasteiger partial charge in [-0.05, 0) is 30.0 Å². The lowest BCUT2D eigenvalue weighted by molar-refractivity contribution is 0.639. The zero-order chi connectivity index (χ0) is 14.5. The number of nitrogens with zero attached hydrogens (tertiary/aromatic N) is 2. The quantitative estimate of drug-likeness (QED) is 0.820. The molecule has 0 aliphatic carbocycles. The maximum absolute atomic E-state index is 6.06. The van der Waals surface area contributed by atoms with Crippen LogP contribution in [0.2, 0.25) is 5.02 Å². The molecular formula is C15H20ClN3S. The van der Waals surface area contributed by atoms with Crippen molar-refractivity contribution in [2.45, 2.75) is 39.7 Å². The summed E-state index contributed by atoms with van der Waals surface area (Å²) in [7, 11) is 0. The van der Waals surface area contributed by atoms with Gasteiger partial charge in [-0.2, -0.15) is 0 Å². The molecule has 1 heterocycles. The van der Waals surface area contributed by atoms with Crippen molar-refractivity contribution < 1.29 is 0 Å². The maximum Gasteiger partial charge on any atom is 0.206 e. The van der Waals surface area contributed by atoms with Gasteiger partial charge in [0, 0.05) is 11.4 Å². The molecule has 2 rings (SSSR count). The fourth-order valence-corrected chi connectivity index (χ4v) is 3.24. The highest BCUT2D eigenvalue weighted by Crippen LogP contribution is 2.27. The molecule has 1 aromatic carbocycles. The smallest absolute Gasteiger partial charge is 0.206 e. The molecule has 0 aliphatic rings. The van der Waals surface area contributed by atoms with Crippen LogP contribution in [0.3, 0.4) is 0 Å². The minimum absolute atomic E-state index is 0.216. The van der Waals surface area contributed by atoms with Crippen LogP contribution in [-0.4, -0.2) is 10.2 Å². The first-order chi connectivity index (χ1) is 9.58. The van der Waals surface area contributed by atoms with E-state index in [-0.39, 0.29) is 6.04 Å². The van der Waals surface area contributed by atoms with E-state index in [0.29, 0.717) is 5.92 Å². The van der Waals surface area contributed by atoms with Crippen LogP contribution < -0.4 is 5.32 Å². The lowest BCUT2D eigenvalue weighted by Gasteiger charge is -2.16. The Bertz CT molecular complexity index is 554. The summed E-state index contributed by atoms with van der Waals surface area (Å²) in [4.78, 5) is 0. The van der Waals surface area contributed by atoms with Crippen molar-refractivity contribution in [1.29, 1.82) is 0 Å². The van der Waals surface area contributed by atoms with Crippen molar-refractivity contribution >= 4 is 28.1 Å². The zero-order valence-electron chi connectivity index (χ0n) is 12.1.